The Kier molecular flexibility index (Phi) is 6.81. The molecule has 0 aliphatic heterocycles. The number of aliphatic imine (C=N–C) groups is 1. The molecule has 0 saturated heterocycles. The van der Waals surface area contributed by atoms with Gasteiger partial charge in [0.25, 0.3) is 0 Å². The van der Waals surface area contributed by atoms with Gasteiger partial charge in [-0.25, -0.2) is 24.9 Å². The molecular formula is C16H20F3N7. The van der Waals surface area contributed by atoms with E-state index in [1.165, 1.54) is 12.3 Å². The molecule has 2 aromatic rings. The van der Waals surface area contributed by atoms with E-state index in [9.17, 15) is 13.2 Å². The first kappa shape index (κ1) is 19.5. The molecule has 0 saturated carbocycles. The lowest BCUT2D eigenvalue weighted by Gasteiger charge is -2.07. The van der Waals surface area contributed by atoms with Gasteiger partial charge in [-0.05, 0) is 31.4 Å². The normalized spacial score (nSPS) is 12.2. The van der Waals surface area contributed by atoms with Gasteiger partial charge in [0.05, 0.1) is 0 Å². The second-order valence-corrected chi connectivity index (χ2v) is 5.68. The average molecular weight is 367 g/mol. The second kappa shape index (κ2) is 9.07. The summed E-state index contributed by atoms with van der Waals surface area (Å²) in [6, 6.07) is 1.51. The van der Waals surface area contributed by atoms with E-state index >= 15 is 0 Å². The van der Waals surface area contributed by atoms with Crippen LogP contribution in [0.5, 0.6) is 0 Å². The number of anilines is 1. The van der Waals surface area contributed by atoms with E-state index in [2.05, 4.69) is 30.2 Å². The number of nitrogens with zero attached hydrogens (tertiary/aromatic N) is 5. The Morgan fingerprint density at radius 1 is 1.12 bits per heavy atom. The van der Waals surface area contributed by atoms with Crippen molar-refractivity contribution < 1.29 is 13.2 Å². The summed E-state index contributed by atoms with van der Waals surface area (Å²) >= 11 is 0. The first-order valence-electron chi connectivity index (χ1n) is 8.05. The summed E-state index contributed by atoms with van der Waals surface area (Å²) in [5.74, 6) is 1.33. The molecule has 0 aliphatic carbocycles. The molecule has 0 unspecified atom stereocenters. The van der Waals surface area contributed by atoms with Crippen LogP contribution in [0.4, 0.5) is 19.0 Å². The Morgan fingerprint density at radius 2 is 1.77 bits per heavy atom. The highest BCUT2D eigenvalue weighted by molar-refractivity contribution is 5.91. The van der Waals surface area contributed by atoms with E-state index in [1.807, 2.05) is 6.92 Å². The molecule has 0 atom stereocenters. The Morgan fingerprint density at radius 3 is 2.42 bits per heavy atom. The molecule has 0 fully saturated rings. The summed E-state index contributed by atoms with van der Waals surface area (Å²) in [6.07, 6.45) is 3.78. The fraction of sp³-hybridized carbons (Fsp3) is 0.438. The predicted molar refractivity (Wildman–Crippen MR) is 91.6 cm³/mol. The molecule has 0 aliphatic rings. The van der Waals surface area contributed by atoms with Crippen molar-refractivity contribution in [2.75, 3.05) is 11.9 Å². The zero-order valence-electron chi connectivity index (χ0n) is 14.3. The minimum absolute atomic E-state index is 0.306. The van der Waals surface area contributed by atoms with Gasteiger partial charge in [0, 0.05) is 31.4 Å². The molecule has 2 aromatic heterocycles. The zero-order chi connectivity index (χ0) is 19.0. The first-order valence-corrected chi connectivity index (χ1v) is 8.05. The predicted octanol–water partition coefficient (Wildman–Crippen LogP) is 2.43. The summed E-state index contributed by atoms with van der Waals surface area (Å²) < 4.78 is 36.3. The van der Waals surface area contributed by atoms with Crippen LogP contribution in [0.25, 0.3) is 0 Å². The number of nitrogens with one attached hydrogen (secondary N) is 1. The molecule has 10 heteroatoms. The van der Waals surface area contributed by atoms with Gasteiger partial charge in [-0.1, -0.05) is 0 Å². The SMILES string of the molecule is Cc1cnc(CCCCc2nccc(NC(N)=NCC(F)(F)F)n2)nc1. The molecule has 7 nitrogen and oxygen atoms in total. The summed E-state index contributed by atoms with van der Waals surface area (Å²) in [5, 5.41) is 2.53. The van der Waals surface area contributed by atoms with Crippen LogP contribution < -0.4 is 11.1 Å². The van der Waals surface area contributed by atoms with Crippen LogP contribution in [0.1, 0.15) is 30.1 Å². The van der Waals surface area contributed by atoms with Crippen molar-refractivity contribution in [3.8, 4) is 0 Å². The molecule has 0 radical (unpaired) electrons. The monoisotopic (exact) mass is 367 g/mol. The lowest BCUT2D eigenvalue weighted by Crippen LogP contribution is -2.26. The minimum atomic E-state index is -4.40. The van der Waals surface area contributed by atoms with Crippen molar-refractivity contribution in [1.82, 2.24) is 19.9 Å². The van der Waals surface area contributed by atoms with Gasteiger partial charge in [-0.2, -0.15) is 13.2 Å². The van der Waals surface area contributed by atoms with Gasteiger partial charge in [0.2, 0.25) is 0 Å². The Balaban J connectivity index is 1.80. The maximum atomic E-state index is 12.1. The largest absolute Gasteiger partial charge is 0.408 e. The van der Waals surface area contributed by atoms with E-state index < -0.39 is 12.7 Å². The maximum Gasteiger partial charge on any atom is 0.408 e. The van der Waals surface area contributed by atoms with Gasteiger partial charge >= 0.3 is 6.18 Å². The van der Waals surface area contributed by atoms with Crippen LogP contribution in [0.2, 0.25) is 0 Å². The van der Waals surface area contributed by atoms with Crippen LogP contribution >= 0.6 is 0 Å². The highest BCUT2D eigenvalue weighted by Gasteiger charge is 2.26. The molecule has 0 amide bonds. The number of halogens is 3. The second-order valence-electron chi connectivity index (χ2n) is 5.68. The van der Waals surface area contributed by atoms with Crippen LogP contribution in [-0.2, 0) is 12.8 Å². The molecular weight excluding hydrogens is 347 g/mol. The smallest absolute Gasteiger partial charge is 0.370 e. The van der Waals surface area contributed by atoms with Crippen LogP contribution in [0, 0.1) is 6.92 Å². The Labute approximate surface area is 149 Å². The van der Waals surface area contributed by atoms with Gasteiger partial charge in [-0.15, -0.1) is 0 Å². The summed E-state index contributed by atoms with van der Waals surface area (Å²) in [7, 11) is 0. The van der Waals surface area contributed by atoms with Gasteiger partial charge < -0.3 is 11.1 Å². The lowest BCUT2D eigenvalue weighted by molar-refractivity contribution is -0.118. The standard InChI is InChI=1S/C16H20F3N7/c1-11-8-22-12(23-9-11)4-2-3-5-13-21-7-6-14(25-13)26-15(20)24-10-16(17,18)19/h6-9H,2-5,10H2,1H3,(H3,20,21,24,25,26). The molecule has 140 valence electrons. The fourth-order valence-corrected chi connectivity index (χ4v) is 2.05. The number of alkyl halides is 3. The highest BCUT2D eigenvalue weighted by atomic mass is 19.4. The van der Waals surface area contributed by atoms with Gasteiger partial charge in [0.1, 0.15) is 24.0 Å². The number of hydrogen-bond acceptors (Lipinski definition) is 5. The van der Waals surface area contributed by atoms with E-state index in [-0.39, 0.29) is 5.96 Å². The molecule has 0 aromatic carbocycles. The third-order valence-corrected chi connectivity index (χ3v) is 3.28. The van der Waals surface area contributed by atoms with Gasteiger partial charge in [0.15, 0.2) is 5.96 Å². The Hall–Kier alpha value is -2.78. The van der Waals surface area contributed by atoms with E-state index in [0.717, 1.165) is 30.7 Å². The van der Waals surface area contributed by atoms with E-state index in [0.29, 0.717) is 18.1 Å². The quantitative estimate of drug-likeness (QED) is 0.443. The molecule has 2 heterocycles. The number of rotatable bonds is 7. The summed E-state index contributed by atoms with van der Waals surface area (Å²) in [4.78, 5) is 20.1. The number of guanidine groups is 1. The first-order chi connectivity index (χ1) is 12.3. The van der Waals surface area contributed by atoms with Crippen molar-refractivity contribution in [1.29, 1.82) is 0 Å². The van der Waals surface area contributed by atoms with Crippen molar-refractivity contribution >= 4 is 11.8 Å². The summed E-state index contributed by atoms with van der Waals surface area (Å²) in [6.45, 7) is 0.591. The fourth-order valence-electron chi connectivity index (χ4n) is 2.05. The lowest BCUT2D eigenvalue weighted by atomic mass is 10.2. The van der Waals surface area contributed by atoms with Crippen molar-refractivity contribution in [3.05, 3.63) is 41.9 Å². The number of nitrogens with two attached hydrogens (primary N) is 1. The molecule has 2 rings (SSSR count). The molecule has 26 heavy (non-hydrogen) atoms. The van der Waals surface area contributed by atoms with Crippen LogP contribution in [0.15, 0.2) is 29.6 Å². The molecule has 0 bridgehead atoms. The number of aryl methyl sites for hydroxylation is 3. The van der Waals surface area contributed by atoms with E-state index in [4.69, 9.17) is 5.73 Å². The van der Waals surface area contributed by atoms with Crippen molar-refractivity contribution in [2.45, 2.75) is 38.8 Å². The third kappa shape index (κ3) is 7.41. The topological polar surface area (TPSA) is 102 Å². The molecule has 0 spiro atoms. The third-order valence-electron chi connectivity index (χ3n) is 3.28. The van der Waals surface area contributed by atoms with Crippen LogP contribution in [0.3, 0.4) is 0 Å². The van der Waals surface area contributed by atoms with Gasteiger partial charge in [-0.3, -0.25) is 0 Å². The minimum Gasteiger partial charge on any atom is -0.370 e. The maximum absolute atomic E-state index is 12.1. The zero-order valence-corrected chi connectivity index (χ0v) is 14.3. The number of aromatic nitrogens is 4. The van der Waals surface area contributed by atoms with Crippen molar-refractivity contribution in [2.24, 2.45) is 10.7 Å². The van der Waals surface area contributed by atoms with Crippen LogP contribution in [-0.4, -0.2) is 38.6 Å². The van der Waals surface area contributed by atoms with Crippen molar-refractivity contribution in [3.63, 3.8) is 0 Å². The molecule has 3 N–H and O–H groups in total. The number of hydrogen-bond donors (Lipinski definition) is 2. The average Bonchev–Trinajstić information content (AvgIpc) is 2.58. The summed E-state index contributed by atoms with van der Waals surface area (Å²) in [5.41, 5.74) is 6.44. The van der Waals surface area contributed by atoms with E-state index in [1.54, 1.807) is 12.4 Å². The number of unbranched alkanes of at least 4 members (excludes halogenated alkanes) is 1. The highest BCUT2D eigenvalue weighted by Crippen LogP contribution is 2.14. The Bertz CT molecular complexity index is 729.